The number of ether oxygens (including phenoxy) is 2. The van der Waals surface area contributed by atoms with Crippen LogP contribution in [0.15, 0.2) is 24.5 Å². The molecule has 1 aliphatic rings. The van der Waals surface area contributed by atoms with Crippen molar-refractivity contribution in [2.45, 2.75) is 46.1 Å². The van der Waals surface area contributed by atoms with Crippen molar-refractivity contribution < 1.29 is 23.0 Å². The number of halogens is 2. The Morgan fingerprint density at radius 3 is 2.52 bits per heavy atom. The number of hydrogen-bond donors (Lipinski definition) is 1. The van der Waals surface area contributed by atoms with Gasteiger partial charge in [-0.1, -0.05) is 0 Å². The first kappa shape index (κ1) is 24.5. The van der Waals surface area contributed by atoms with Crippen molar-refractivity contribution in [3.8, 4) is 11.6 Å². The van der Waals surface area contributed by atoms with Gasteiger partial charge in [0, 0.05) is 44.4 Å². The molecule has 0 bridgehead atoms. The molecule has 1 amide bonds. The smallest absolute Gasteiger partial charge is 0.410 e. The highest BCUT2D eigenvalue weighted by atomic mass is 19.1. The number of anilines is 2. The highest BCUT2D eigenvalue weighted by Crippen LogP contribution is 2.29. The van der Waals surface area contributed by atoms with Crippen LogP contribution in [0.2, 0.25) is 0 Å². The normalized spacial score (nSPS) is 14.8. The SMILES string of the molecule is CCN(CC1CCN(C(=O)OC(C)(C)C)CC1)c1cc(Oc2cc(F)c(N)cc2F)ncn1. The first-order chi connectivity index (χ1) is 15.6. The van der Waals surface area contributed by atoms with Crippen molar-refractivity contribution in [2.75, 3.05) is 36.8 Å². The van der Waals surface area contributed by atoms with E-state index in [2.05, 4.69) is 14.9 Å². The number of carbonyl (C=O) groups is 1. The van der Waals surface area contributed by atoms with Crippen LogP contribution in [-0.4, -0.2) is 52.7 Å². The van der Waals surface area contributed by atoms with Gasteiger partial charge in [-0.05, 0) is 46.5 Å². The van der Waals surface area contributed by atoms with Crippen molar-refractivity contribution in [2.24, 2.45) is 5.92 Å². The average molecular weight is 464 g/mol. The number of amides is 1. The Hall–Kier alpha value is -3.17. The number of piperidine rings is 1. The van der Waals surface area contributed by atoms with Crippen molar-refractivity contribution in [3.63, 3.8) is 0 Å². The zero-order chi connectivity index (χ0) is 24.2. The van der Waals surface area contributed by atoms with Gasteiger partial charge in [0.05, 0.1) is 5.69 Å². The van der Waals surface area contributed by atoms with Crippen LogP contribution in [0.4, 0.5) is 25.1 Å². The van der Waals surface area contributed by atoms with Gasteiger partial charge in [0.1, 0.15) is 23.6 Å². The van der Waals surface area contributed by atoms with Gasteiger partial charge in [-0.25, -0.2) is 23.5 Å². The van der Waals surface area contributed by atoms with Crippen LogP contribution in [0.1, 0.15) is 40.5 Å². The van der Waals surface area contributed by atoms with E-state index in [-0.39, 0.29) is 23.4 Å². The van der Waals surface area contributed by atoms with Crippen LogP contribution >= 0.6 is 0 Å². The van der Waals surface area contributed by atoms with Crippen molar-refractivity contribution >= 4 is 17.6 Å². The number of benzene rings is 1. The molecule has 0 atom stereocenters. The molecule has 1 aromatic carbocycles. The van der Waals surface area contributed by atoms with Gasteiger partial charge in [-0.2, -0.15) is 0 Å². The molecular formula is C23H31F2N5O3. The van der Waals surface area contributed by atoms with Crippen LogP contribution in [0.3, 0.4) is 0 Å². The van der Waals surface area contributed by atoms with Gasteiger partial charge >= 0.3 is 6.09 Å². The second-order valence-corrected chi connectivity index (χ2v) is 9.07. The van der Waals surface area contributed by atoms with Gasteiger partial charge in [0.2, 0.25) is 5.88 Å². The molecule has 2 N–H and O–H groups in total. The summed E-state index contributed by atoms with van der Waals surface area (Å²) in [7, 11) is 0. The van der Waals surface area contributed by atoms with E-state index in [4.69, 9.17) is 15.2 Å². The molecule has 0 spiro atoms. The fraction of sp³-hybridized carbons (Fsp3) is 0.522. The maximum Gasteiger partial charge on any atom is 0.410 e. The Bertz CT molecular complexity index is 975. The zero-order valence-electron chi connectivity index (χ0n) is 19.5. The van der Waals surface area contributed by atoms with E-state index in [1.165, 1.54) is 6.33 Å². The maximum absolute atomic E-state index is 14.1. The lowest BCUT2D eigenvalue weighted by Crippen LogP contribution is -2.43. The van der Waals surface area contributed by atoms with Gasteiger partial charge in [0.25, 0.3) is 0 Å². The second kappa shape index (κ2) is 10.2. The van der Waals surface area contributed by atoms with E-state index in [1.807, 2.05) is 27.7 Å². The third kappa shape index (κ3) is 6.66. The summed E-state index contributed by atoms with van der Waals surface area (Å²) in [6.07, 6.45) is 2.74. The number of nitrogens with zero attached hydrogens (tertiary/aromatic N) is 4. The minimum atomic E-state index is -0.779. The van der Waals surface area contributed by atoms with E-state index in [1.54, 1.807) is 11.0 Å². The summed E-state index contributed by atoms with van der Waals surface area (Å²) in [4.78, 5) is 24.4. The van der Waals surface area contributed by atoms with Crippen LogP contribution in [0.25, 0.3) is 0 Å². The van der Waals surface area contributed by atoms with Gasteiger partial charge in [-0.3, -0.25) is 0 Å². The zero-order valence-corrected chi connectivity index (χ0v) is 19.5. The molecule has 8 nitrogen and oxygen atoms in total. The lowest BCUT2D eigenvalue weighted by atomic mass is 9.96. The van der Waals surface area contributed by atoms with Crippen molar-refractivity contribution in [1.29, 1.82) is 0 Å². The van der Waals surface area contributed by atoms with Gasteiger partial charge in [-0.15, -0.1) is 0 Å². The summed E-state index contributed by atoms with van der Waals surface area (Å²) in [5, 5.41) is 0. The molecule has 1 aliphatic heterocycles. The lowest BCUT2D eigenvalue weighted by Gasteiger charge is -2.35. The summed E-state index contributed by atoms with van der Waals surface area (Å²) >= 11 is 0. The number of hydrogen-bond acceptors (Lipinski definition) is 7. The molecule has 0 unspecified atom stereocenters. The number of aromatic nitrogens is 2. The standard InChI is InChI=1S/C23H31F2N5O3/c1-5-29(13-15-6-8-30(9-7-15)22(31)33-23(2,3)4)20-12-21(28-14-27-20)32-19-11-16(24)18(26)10-17(19)25/h10-12,14-15H,5-9,13,26H2,1-4H3. The van der Waals surface area contributed by atoms with Crippen LogP contribution in [0, 0.1) is 17.6 Å². The minimum Gasteiger partial charge on any atom is -0.444 e. The molecule has 0 radical (unpaired) electrons. The van der Waals surface area contributed by atoms with Gasteiger partial charge < -0.3 is 25.0 Å². The summed E-state index contributed by atoms with van der Waals surface area (Å²) in [6, 6.07) is 3.35. The van der Waals surface area contributed by atoms with E-state index < -0.39 is 17.2 Å². The number of likely N-dealkylation sites (tertiary alicyclic amines) is 1. The largest absolute Gasteiger partial charge is 0.444 e. The van der Waals surface area contributed by atoms with Crippen LogP contribution in [0.5, 0.6) is 11.6 Å². The molecule has 0 saturated carbocycles. The predicted molar refractivity (Wildman–Crippen MR) is 121 cm³/mol. The third-order valence-electron chi connectivity index (χ3n) is 5.34. The van der Waals surface area contributed by atoms with E-state index in [9.17, 15) is 13.6 Å². The molecule has 2 heterocycles. The molecule has 33 heavy (non-hydrogen) atoms. The molecule has 1 saturated heterocycles. The highest BCUT2D eigenvalue weighted by Gasteiger charge is 2.28. The summed E-state index contributed by atoms with van der Waals surface area (Å²) in [5.41, 5.74) is 4.57. The number of rotatable bonds is 6. The fourth-order valence-electron chi connectivity index (χ4n) is 3.61. The molecule has 1 fully saturated rings. The summed E-state index contributed by atoms with van der Waals surface area (Å²) < 4.78 is 38.7. The first-order valence-corrected chi connectivity index (χ1v) is 11.0. The monoisotopic (exact) mass is 463 g/mol. The Kier molecular flexibility index (Phi) is 7.55. The van der Waals surface area contributed by atoms with Crippen LogP contribution < -0.4 is 15.4 Å². The Labute approximate surface area is 192 Å². The topological polar surface area (TPSA) is 93.8 Å². The lowest BCUT2D eigenvalue weighted by molar-refractivity contribution is 0.0186. The number of nitrogen functional groups attached to an aromatic ring is 1. The van der Waals surface area contributed by atoms with Gasteiger partial charge in [0.15, 0.2) is 11.6 Å². The molecule has 10 heteroatoms. The Morgan fingerprint density at radius 2 is 1.88 bits per heavy atom. The molecule has 2 aromatic rings. The molecule has 3 rings (SSSR count). The van der Waals surface area contributed by atoms with Crippen molar-refractivity contribution in [3.05, 3.63) is 36.2 Å². The Balaban J connectivity index is 1.61. The summed E-state index contributed by atoms with van der Waals surface area (Å²) in [6.45, 7) is 10.3. The number of carbonyl (C=O) groups excluding carboxylic acids is 1. The third-order valence-corrected chi connectivity index (χ3v) is 5.34. The summed E-state index contributed by atoms with van der Waals surface area (Å²) in [5.74, 6) is -0.767. The van der Waals surface area contributed by atoms with Crippen molar-refractivity contribution in [1.82, 2.24) is 14.9 Å². The Morgan fingerprint density at radius 1 is 1.18 bits per heavy atom. The first-order valence-electron chi connectivity index (χ1n) is 11.0. The fourth-order valence-corrected chi connectivity index (χ4v) is 3.61. The molecule has 1 aromatic heterocycles. The second-order valence-electron chi connectivity index (χ2n) is 9.07. The molecule has 0 aliphatic carbocycles. The highest BCUT2D eigenvalue weighted by molar-refractivity contribution is 5.68. The molecule has 180 valence electrons. The minimum absolute atomic E-state index is 0.0984. The van der Waals surface area contributed by atoms with E-state index in [0.29, 0.717) is 31.4 Å². The average Bonchev–Trinajstić information content (AvgIpc) is 2.75. The quantitative estimate of drug-likeness (QED) is 0.626. The van der Waals surface area contributed by atoms with Crippen LogP contribution in [-0.2, 0) is 4.74 Å². The molecular weight excluding hydrogens is 432 g/mol. The van der Waals surface area contributed by atoms with E-state index >= 15 is 0 Å². The maximum atomic E-state index is 14.1. The number of nitrogens with two attached hydrogens (primary N) is 1. The predicted octanol–water partition coefficient (Wildman–Crippen LogP) is 4.60. The van der Waals surface area contributed by atoms with E-state index in [0.717, 1.165) is 31.5 Å².